The number of hydrogen-bond acceptors (Lipinski definition) is 5. The van der Waals surface area contributed by atoms with Crippen LogP contribution in [0.1, 0.15) is 0 Å². The maximum absolute atomic E-state index is 8.91. The molecule has 0 saturated heterocycles. The fraction of sp³-hybridized carbons (Fsp3) is 0. The van der Waals surface area contributed by atoms with E-state index < -0.39 is 10.4 Å². The molecule has 0 aliphatic heterocycles. The topological polar surface area (TPSA) is 89.5 Å². The van der Waals surface area contributed by atoms with Gasteiger partial charge in [0.15, 0.2) is 0 Å². The fourth-order valence-electron chi connectivity index (χ4n) is 0. The molecule has 0 N–H and O–H groups in total. The van der Waals surface area contributed by atoms with Gasteiger partial charge in [-0.15, -0.1) is 0 Å². The fourth-order valence-corrected chi connectivity index (χ4v) is 0. The van der Waals surface area contributed by atoms with Gasteiger partial charge in [0.25, 0.3) is 0 Å². The third-order valence-corrected chi connectivity index (χ3v) is 0.250. The van der Waals surface area contributed by atoms with E-state index >= 15 is 0 Å². The van der Waals surface area contributed by atoms with Gasteiger partial charge in [-0.25, -0.2) is 8.42 Å². The van der Waals surface area contributed by atoms with Crippen molar-refractivity contribution < 1.29 is 42.0 Å². The maximum Gasteiger partial charge on any atom is 2.00 e. The minimum absolute atomic E-state index is 0. The van der Waals surface area contributed by atoms with Crippen LogP contribution >= 0.6 is 0 Å². The Balaban J connectivity index is 0. The van der Waals surface area contributed by atoms with E-state index in [1.54, 1.807) is 0 Å². The van der Waals surface area contributed by atoms with E-state index in [2.05, 4.69) is 4.33 Å². The molecule has 0 saturated carbocycles. The van der Waals surface area contributed by atoms with E-state index in [0.29, 0.717) is 0 Å². The zero-order valence-electron chi connectivity index (χ0n) is 3.16. The van der Waals surface area contributed by atoms with Crippen LogP contribution in [0.15, 0.2) is 0 Å². The smallest absolute Gasteiger partial charge is 0.726 e. The molecular formula is O5SZn. The summed E-state index contributed by atoms with van der Waals surface area (Å²) >= 11 is 0. The third-order valence-electron chi connectivity index (χ3n) is 0.0833. The summed E-state index contributed by atoms with van der Waals surface area (Å²) in [5.41, 5.74) is 0. The molecule has 0 radical (unpaired) electrons. The average Bonchev–Trinajstić information content (AvgIpc) is 1.35. The molecule has 7 heteroatoms. The van der Waals surface area contributed by atoms with Gasteiger partial charge >= 0.3 is 19.5 Å². The molecule has 0 heterocycles. The Labute approximate surface area is 52.9 Å². The van der Waals surface area contributed by atoms with Crippen molar-refractivity contribution in [3.8, 4) is 0 Å². The van der Waals surface area contributed by atoms with Crippen LogP contribution in [0.3, 0.4) is 0 Å². The summed E-state index contributed by atoms with van der Waals surface area (Å²) in [5, 5.41) is 8.55. The molecule has 0 atom stereocenters. The zero-order valence-corrected chi connectivity index (χ0v) is 6.94. The maximum atomic E-state index is 8.91. The Morgan fingerprint density at radius 2 is 1.57 bits per heavy atom. The van der Waals surface area contributed by atoms with Crippen LogP contribution in [-0.2, 0) is 34.2 Å². The molecule has 0 aromatic carbocycles. The SMILES string of the molecule is O=S(=O)([O-])O[O-].[Zn+2]. The van der Waals surface area contributed by atoms with Crippen molar-refractivity contribution >= 4 is 10.4 Å². The third kappa shape index (κ3) is 10.7. The second kappa shape index (κ2) is 3.45. The number of rotatable bonds is 1. The van der Waals surface area contributed by atoms with Crippen molar-refractivity contribution in [2.75, 3.05) is 0 Å². The van der Waals surface area contributed by atoms with Gasteiger partial charge in [0.1, 0.15) is 0 Å². The summed E-state index contributed by atoms with van der Waals surface area (Å²) in [4.78, 5) is 0. The quantitative estimate of drug-likeness (QED) is 0.148. The van der Waals surface area contributed by atoms with Crippen molar-refractivity contribution in [1.29, 1.82) is 0 Å². The first-order chi connectivity index (χ1) is 2.56. The van der Waals surface area contributed by atoms with Crippen LogP contribution in [-0.4, -0.2) is 13.0 Å². The van der Waals surface area contributed by atoms with Gasteiger partial charge in [-0.05, 0) is 0 Å². The van der Waals surface area contributed by atoms with E-state index in [1.807, 2.05) is 0 Å². The molecule has 0 spiro atoms. The van der Waals surface area contributed by atoms with E-state index in [9.17, 15) is 0 Å². The molecule has 0 rings (SSSR count). The molecule has 38 valence electrons. The molecule has 0 unspecified atom stereocenters. The average molecular weight is 177 g/mol. The van der Waals surface area contributed by atoms with Crippen molar-refractivity contribution in [2.45, 2.75) is 0 Å². The van der Waals surface area contributed by atoms with Gasteiger partial charge in [0.2, 0.25) is 10.4 Å². The summed E-state index contributed by atoms with van der Waals surface area (Å²) in [6, 6.07) is 0. The summed E-state index contributed by atoms with van der Waals surface area (Å²) in [6.45, 7) is 0. The number of hydrogen-bond donors (Lipinski definition) is 0. The molecular weight excluding hydrogens is 177 g/mol. The minimum atomic E-state index is -4.97. The van der Waals surface area contributed by atoms with Crippen molar-refractivity contribution in [3.05, 3.63) is 0 Å². The molecule has 5 nitrogen and oxygen atoms in total. The van der Waals surface area contributed by atoms with Gasteiger partial charge < -0.3 is 14.1 Å². The molecule has 0 fully saturated rings. The van der Waals surface area contributed by atoms with Crippen molar-refractivity contribution in [2.24, 2.45) is 0 Å². The Morgan fingerprint density at radius 3 is 1.57 bits per heavy atom. The largest absolute Gasteiger partial charge is 2.00 e. The molecule has 0 aromatic rings. The Morgan fingerprint density at radius 1 is 1.43 bits per heavy atom. The molecule has 0 aromatic heterocycles. The molecule has 0 aliphatic rings. The van der Waals surface area contributed by atoms with Gasteiger partial charge in [0, 0.05) is 0 Å². The zero-order chi connectivity index (χ0) is 5.21. The second-order valence-electron chi connectivity index (χ2n) is 0.476. The first-order valence-electron chi connectivity index (χ1n) is 0.833. The van der Waals surface area contributed by atoms with E-state index in [4.69, 9.17) is 18.2 Å². The Bertz CT molecular complexity index is 110. The van der Waals surface area contributed by atoms with Gasteiger partial charge in [-0.1, -0.05) is 0 Å². The van der Waals surface area contributed by atoms with Crippen molar-refractivity contribution in [1.82, 2.24) is 0 Å². The normalized spacial score (nSPS) is 10.0. The van der Waals surface area contributed by atoms with Crippen LogP contribution in [0, 0.1) is 0 Å². The Kier molecular flexibility index (Phi) is 5.15. The Hall–Kier alpha value is 0.453. The van der Waals surface area contributed by atoms with Crippen LogP contribution in [0.5, 0.6) is 0 Å². The summed E-state index contributed by atoms with van der Waals surface area (Å²) in [5.74, 6) is 0. The molecule has 0 amide bonds. The van der Waals surface area contributed by atoms with Crippen LogP contribution in [0.4, 0.5) is 0 Å². The summed E-state index contributed by atoms with van der Waals surface area (Å²) < 4.78 is 28.8. The molecule has 0 bridgehead atoms. The van der Waals surface area contributed by atoms with Crippen LogP contribution in [0.2, 0.25) is 0 Å². The minimum Gasteiger partial charge on any atom is -0.726 e. The summed E-state index contributed by atoms with van der Waals surface area (Å²) in [6.07, 6.45) is 0. The predicted molar refractivity (Wildman–Crippen MR) is 10.8 cm³/mol. The summed E-state index contributed by atoms with van der Waals surface area (Å²) in [7, 11) is -4.97. The van der Waals surface area contributed by atoms with Gasteiger partial charge in [-0.3, -0.25) is 0 Å². The first-order valence-corrected chi connectivity index (χ1v) is 2.17. The van der Waals surface area contributed by atoms with Gasteiger partial charge in [-0.2, -0.15) is 0 Å². The van der Waals surface area contributed by atoms with E-state index in [1.165, 1.54) is 0 Å². The van der Waals surface area contributed by atoms with Crippen molar-refractivity contribution in [3.63, 3.8) is 0 Å². The monoisotopic (exact) mass is 176 g/mol. The predicted octanol–water partition coefficient (Wildman–Crippen LogP) is -2.26. The molecule has 7 heavy (non-hydrogen) atoms. The van der Waals surface area contributed by atoms with Gasteiger partial charge in [0.05, 0.1) is 0 Å². The second-order valence-corrected chi connectivity index (χ2v) is 1.43. The first kappa shape index (κ1) is 10.4. The van der Waals surface area contributed by atoms with Crippen LogP contribution in [0.25, 0.3) is 0 Å². The standard InChI is InChI=1S/H2O5S.Zn/c1-5-6(2,3)4;/h1H,(H,2,3,4);/q;+2/p-2. The van der Waals surface area contributed by atoms with E-state index in [0.717, 1.165) is 0 Å². The van der Waals surface area contributed by atoms with Crippen LogP contribution < -0.4 is 5.26 Å². The molecule has 0 aliphatic carbocycles. The van der Waals surface area contributed by atoms with E-state index in [-0.39, 0.29) is 19.5 Å².